The number of carbonyl (C=O) groups is 2. The van der Waals surface area contributed by atoms with E-state index in [9.17, 15) is 9.59 Å². The zero-order chi connectivity index (χ0) is 17.6. The summed E-state index contributed by atoms with van der Waals surface area (Å²) in [5.41, 5.74) is 4.16. The second kappa shape index (κ2) is 8.09. The monoisotopic (exact) mass is 316 g/mol. The molecule has 0 spiro atoms. The van der Waals surface area contributed by atoms with Gasteiger partial charge in [0.25, 0.3) is 0 Å². The Hall–Kier alpha value is -1.90. The van der Waals surface area contributed by atoms with Gasteiger partial charge in [-0.15, -0.1) is 0 Å². The maximum atomic E-state index is 11.3. The molecule has 1 atom stereocenters. The van der Waals surface area contributed by atoms with Crippen molar-refractivity contribution in [2.45, 2.75) is 53.9 Å². The number of rotatable bonds is 6. The lowest BCUT2D eigenvalue weighted by atomic mass is 9.72. The molecular weight excluding hydrogens is 288 g/mol. The van der Waals surface area contributed by atoms with E-state index in [1.165, 1.54) is 30.4 Å². The quantitative estimate of drug-likeness (QED) is 0.562. The molecule has 1 unspecified atom stereocenters. The molecule has 126 valence electrons. The third kappa shape index (κ3) is 5.66. The molecule has 3 heteroatoms. The van der Waals surface area contributed by atoms with Crippen LogP contribution in [0.3, 0.4) is 0 Å². The zero-order valence-corrected chi connectivity index (χ0v) is 14.8. The van der Waals surface area contributed by atoms with E-state index in [4.69, 9.17) is 5.11 Å². The Morgan fingerprint density at radius 1 is 1.30 bits per heavy atom. The summed E-state index contributed by atoms with van der Waals surface area (Å²) in [4.78, 5) is 21.9. The number of allylic oxidation sites excluding steroid dienone is 8. The summed E-state index contributed by atoms with van der Waals surface area (Å²) in [5, 5.41) is 8.65. The number of hydrogen-bond acceptors (Lipinski definition) is 2. The summed E-state index contributed by atoms with van der Waals surface area (Å²) >= 11 is 0. The Morgan fingerprint density at radius 3 is 2.52 bits per heavy atom. The van der Waals surface area contributed by atoms with Crippen LogP contribution in [-0.2, 0) is 9.59 Å². The highest BCUT2D eigenvalue weighted by Crippen LogP contribution is 2.40. The van der Waals surface area contributed by atoms with E-state index >= 15 is 0 Å². The van der Waals surface area contributed by atoms with Crippen LogP contribution < -0.4 is 0 Å². The first-order chi connectivity index (χ1) is 10.6. The Balaban J connectivity index is 2.77. The molecule has 0 radical (unpaired) electrons. The Labute approximate surface area is 139 Å². The van der Waals surface area contributed by atoms with E-state index in [0.717, 1.165) is 5.57 Å². The van der Waals surface area contributed by atoms with E-state index in [-0.39, 0.29) is 5.41 Å². The maximum absolute atomic E-state index is 11.3. The minimum Gasteiger partial charge on any atom is -0.475 e. The number of carboxylic acids is 1. The van der Waals surface area contributed by atoms with Crippen LogP contribution in [0.1, 0.15) is 53.9 Å². The highest BCUT2D eigenvalue weighted by molar-refractivity contribution is 6.33. The Morgan fingerprint density at radius 2 is 1.96 bits per heavy atom. The predicted octanol–water partition coefficient (Wildman–Crippen LogP) is 4.86. The normalized spacial score (nSPS) is 20.3. The van der Waals surface area contributed by atoms with Gasteiger partial charge in [-0.1, -0.05) is 62.3 Å². The summed E-state index contributed by atoms with van der Waals surface area (Å²) in [6.45, 7) is 10.4. The molecule has 0 aromatic carbocycles. The molecule has 0 bridgehead atoms. The van der Waals surface area contributed by atoms with E-state index < -0.39 is 17.7 Å². The molecule has 0 aromatic rings. The molecule has 1 N–H and O–H groups in total. The van der Waals surface area contributed by atoms with Crippen molar-refractivity contribution in [1.29, 1.82) is 0 Å². The fraction of sp³-hybridized carbons (Fsp3) is 0.500. The van der Waals surface area contributed by atoms with Crippen molar-refractivity contribution < 1.29 is 14.7 Å². The first kappa shape index (κ1) is 19.1. The van der Waals surface area contributed by atoms with Gasteiger partial charge in [-0.2, -0.15) is 0 Å². The lowest BCUT2D eigenvalue weighted by molar-refractivity contribution is -0.150. The van der Waals surface area contributed by atoms with Crippen LogP contribution >= 0.6 is 0 Å². The van der Waals surface area contributed by atoms with Crippen molar-refractivity contribution in [1.82, 2.24) is 0 Å². The van der Waals surface area contributed by atoms with Crippen molar-refractivity contribution in [3.63, 3.8) is 0 Å². The Kier molecular flexibility index (Phi) is 6.74. The first-order valence-electron chi connectivity index (χ1n) is 8.15. The molecule has 0 saturated carbocycles. The number of carboxylic acid groups (broad SMARTS) is 1. The molecule has 1 aliphatic rings. The van der Waals surface area contributed by atoms with E-state index in [2.05, 4.69) is 32.9 Å². The molecule has 23 heavy (non-hydrogen) atoms. The zero-order valence-electron chi connectivity index (χ0n) is 14.8. The minimum atomic E-state index is -1.38. The molecule has 0 saturated heterocycles. The maximum Gasteiger partial charge on any atom is 0.372 e. The summed E-state index contributed by atoms with van der Waals surface area (Å²) in [6, 6.07) is 0. The van der Waals surface area contributed by atoms with Gasteiger partial charge in [-0.3, -0.25) is 4.79 Å². The standard InChI is InChI=1S/C20H28O3/c1-14(8-6-9-16(3)18(21)19(22)23)11-12-17-15(2)10-7-13-20(17,4)5/h6,8-9,11-12,16H,7,10,13H2,1-5H3,(H,22,23). The average molecular weight is 316 g/mol. The predicted molar refractivity (Wildman–Crippen MR) is 94.2 cm³/mol. The summed E-state index contributed by atoms with van der Waals surface area (Å²) in [7, 11) is 0. The molecule has 0 fully saturated rings. The fourth-order valence-corrected chi connectivity index (χ4v) is 2.94. The van der Waals surface area contributed by atoms with Crippen LogP contribution in [0.5, 0.6) is 0 Å². The van der Waals surface area contributed by atoms with Gasteiger partial charge in [0, 0.05) is 5.92 Å². The molecule has 1 aliphatic carbocycles. The molecule has 1 rings (SSSR count). The van der Waals surface area contributed by atoms with Crippen molar-refractivity contribution in [3.8, 4) is 0 Å². The van der Waals surface area contributed by atoms with Gasteiger partial charge in [0.2, 0.25) is 5.78 Å². The van der Waals surface area contributed by atoms with Gasteiger partial charge in [0.15, 0.2) is 0 Å². The van der Waals surface area contributed by atoms with Crippen molar-refractivity contribution in [2.75, 3.05) is 0 Å². The molecule has 0 heterocycles. The van der Waals surface area contributed by atoms with Gasteiger partial charge in [0.1, 0.15) is 0 Å². The number of Topliss-reactive ketones (excluding diaryl/α,β-unsaturated/α-hetero) is 1. The van der Waals surface area contributed by atoms with Gasteiger partial charge in [0.05, 0.1) is 0 Å². The number of aliphatic carboxylic acids is 1. The summed E-state index contributed by atoms with van der Waals surface area (Å²) < 4.78 is 0. The van der Waals surface area contributed by atoms with Crippen molar-refractivity contribution >= 4 is 11.8 Å². The lowest BCUT2D eigenvalue weighted by Gasteiger charge is -2.32. The highest BCUT2D eigenvalue weighted by Gasteiger charge is 2.26. The minimum absolute atomic E-state index is 0.220. The molecule has 0 amide bonds. The highest BCUT2D eigenvalue weighted by atomic mass is 16.4. The van der Waals surface area contributed by atoms with Gasteiger partial charge >= 0.3 is 5.97 Å². The van der Waals surface area contributed by atoms with E-state index in [0.29, 0.717) is 0 Å². The molecule has 3 nitrogen and oxygen atoms in total. The van der Waals surface area contributed by atoms with Crippen LogP contribution in [0.15, 0.2) is 47.1 Å². The van der Waals surface area contributed by atoms with Crippen molar-refractivity contribution in [3.05, 3.63) is 47.1 Å². The average Bonchev–Trinajstić information content (AvgIpc) is 2.44. The topological polar surface area (TPSA) is 54.4 Å². The van der Waals surface area contributed by atoms with Crippen LogP contribution in [-0.4, -0.2) is 16.9 Å². The van der Waals surface area contributed by atoms with Gasteiger partial charge in [-0.05, 0) is 44.1 Å². The summed E-state index contributed by atoms with van der Waals surface area (Å²) in [6.07, 6.45) is 13.2. The van der Waals surface area contributed by atoms with Crippen molar-refractivity contribution in [2.24, 2.45) is 11.3 Å². The SMILES string of the molecule is CC(C=CC1=C(C)CCCC1(C)C)=CC=CC(C)C(=O)C(=O)O. The third-order valence-electron chi connectivity index (χ3n) is 4.44. The third-order valence-corrected chi connectivity index (χ3v) is 4.44. The number of hydrogen-bond donors (Lipinski definition) is 1. The number of carbonyl (C=O) groups excluding carboxylic acids is 1. The van der Waals surface area contributed by atoms with E-state index in [1.54, 1.807) is 19.1 Å². The largest absolute Gasteiger partial charge is 0.475 e. The first-order valence-corrected chi connectivity index (χ1v) is 8.15. The van der Waals surface area contributed by atoms with Gasteiger partial charge < -0.3 is 5.11 Å². The smallest absolute Gasteiger partial charge is 0.372 e. The van der Waals surface area contributed by atoms with Gasteiger partial charge in [-0.25, -0.2) is 4.79 Å². The summed E-state index contributed by atoms with van der Waals surface area (Å²) in [5.74, 6) is -2.78. The van der Waals surface area contributed by atoms with Crippen LogP contribution in [0.2, 0.25) is 0 Å². The molecule has 0 aliphatic heterocycles. The molecule has 0 aromatic heterocycles. The van der Waals surface area contributed by atoms with Crippen LogP contribution in [0, 0.1) is 11.3 Å². The van der Waals surface area contributed by atoms with Crippen LogP contribution in [0.4, 0.5) is 0 Å². The number of ketones is 1. The molecular formula is C20H28O3. The fourth-order valence-electron chi connectivity index (χ4n) is 2.94. The lowest BCUT2D eigenvalue weighted by Crippen LogP contribution is -2.19. The second-order valence-electron chi connectivity index (χ2n) is 7.02. The van der Waals surface area contributed by atoms with Crippen LogP contribution in [0.25, 0.3) is 0 Å². The van der Waals surface area contributed by atoms with E-state index in [1.807, 2.05) is 13.0 Å². The second-order valence-corrected chi connectivity index (χ2v) is 7.02. The Bertz CT molecular complexity index is 586.